The monoisotopic (exact) mass is 287 g/mol. The second-order valence-electron chi connectivity index (χ2n) is 5.41. The summed E-state index contributed by atoms with van der Waals surface area (Å²) in [6, 6.07) is 8.74. The number of hydrogen-bond donors (Lipinski definition) is 3. The molecule has 0 spiro atoms. The third-order valence-electron chi connectivity index (χ3n) is 2.93. The van der Waals surface area contributed by atoms with Gasteiger partial charge in [-0.25, -0.2) is 4.79 Å². The highest BCUT2D eigenvalue weighted by Crippen LogP contribution is 2.20. The Bertz CT molecular complexity index is 677. The Balaban J connectivity index is 2.13. The van der Waals surface area contributed by atoms with E-state index in [4.69, 9.17) is 5.11 Å². The van der Waals surface area contributed by atoms with Crippen molar-refractivity contribution in [2.45, 2.75) is 25.8 Å². The predicted octanol–water partition coefficient (Wildman–Crippen LogP) is 2.61. The van der Waals surface area contributed by atoms with Crippen LogP contribution in [0.1, 0.15) is 20.3 Å². The fraction of sp³-hybridized carbons (Fsp3) is 0.267. The Morgan fingerprint density at radius 3 is 2.67 bits per heavy atom. The first-order chi connectivity index (χ1) is 9.87. The molecule has 1 aromatic carbocycles. The number of amides is 2. The Morgan fingerprint density at radius 1 is 1.24 bits per heavy atom. The quantitative estimate of drug-likeness (QED) is 0.806. The second-order valence-corrected chi connectivity index (χ2v) is 5.41. The molecule has 0 aliphatic rings. The number of rotatable bonds is 4. The number of carbonyl (C=O) groups is 2. The maximum absolute atomic E-state index is 12.0. The number of fused-ring (bicyclic) bond motifs is 1. The molecule has 2 aromatic rings. The molecule has 0 bridgehead atoms. The maximum atomic E-state index is 12.0. The van der Waals surface area contributed by atoms with E-state index in [2.05, 4.69) is 15.6 Å². The van der Waals surface area contributed by atoms with Gasteiger partial charge in [0.15, 0.2) is 0 Å². The molecular weight excluding hydrogens is 270 g/mol. The van der Waals surface area contributed by atoms with Crippen LogP contribution in [0.2, 0.25) is 0 Å². The molecule has 21 heavy (non-hydrogen) atoms. The predicted molar refractivity (Wildman–Crippen MR) is 80.2 cm³/mol. The summed E-state index contributed by atoms with van der Waals surface area (Å²) in [4.78, 5) is 27.0. The minimum absolute atomic E-state index is 0.159. The summed E-state index contributed by atoms with van der Waals surface area (Å²) in [5.74, 6) is -0.966. The molecule has 2 rings (SSSR count). The van der Waals surface area contributed by atoms with Crippen molar-refractivity contribution in [3.05, 3.63) is 36.5 Å². The second kappa shape index (κ2) is 5.78. The number of carboxylic acid groups (broad SMARTS) is 1. The van der Waals surface area contributed by atoms with Crippen LogP contribution in [-0.2, 0) is 4.79 Å². The molecule has 0 aliphatic heterocycles. The van der Waals surface area contributed by atoms with Crippen molar-refractivity contribution in [1.29, 1.82) is 0 Å². The van der Waals surface area contributed by atoms with Gasteiger partial charge < -0.3 is 15.7 Å². The van der Waals surface area contributed by atoms with Gasteiger partial charge in [-0.05, 0) is 26.0 Å². The van der Waals surface area contributed by atoms with E-state index >= 15 is 0 Å². The summed E-state index contributed by atoms with van der Waals surface area (Å²) < 4.78 is 0. The Morgan fingerprint density at radius 2 is 1.95 bits per heavy atom. The third-order valence-corrected chi connectivity index (χ3v) is 2.93. The number of benzene rings is 1. The normalized spacial score (nSPS) is 11.1. The van der Waals surface area contributed by atoms with Crippen LogP contribution in [0.25, 0.3) is 10.9 Å². The molecule has 0 atom stereocenters. The smallest absolute Gasteiger partial charge is 0.319 e. The molecule has 2 amide bonds. The average molecular weight is 287 g/mol. The summed E-state index contributed by atoms with van der Waals surface area (Å²) >= 11 is 0. The number of hydrogen-bond acceptors (Lipinski definition) is 3. The molecule has 3 N–H and O–H groups in total. The van der Waals surface area contributed by atoms with E-state index in [0.29, 0.717) is 11.2 Å². The van der Waals surface area contributed by atoms with Crippen molar-refractivity contribution < 1.29 is 14.7 Å². The SMILES string of the molecule is CC(C)(CC(=O)O)NC(=O)Nc1cccc2cccnc12. The number of aromatic nitrogens is 1. The fourth-order valence-corrected chi connectivity index (χ4v) is 2.09. The zero-order valence-electron chi connectivity index (χ0n) is 11.9. The third kappa shape index (κ3) is 3.92. The zero-order valence-corrected chi connectivity index (χ0v) is 11.9. The standard InChI is InChI=1S/C15H17N3O3/c1-15(2,9-12(19)20)18-14(21)17-11-7-3-5-10-6-4-8-16-13(10)11/h3-8H,9H2,1-2H3,(H,19,20)(H2,17,18,21). The molecule has 0 saturated heterocycles. The van der Waals surface area contributed by atoms with Crippen LogP contribution in [0.3, 0.4) is 0 Å². The van der Waals surface area contributed by atoms with E-state index in [1.54, 1.807) is 26.1 Å². The minimum atomic E-state index is -0.966. The first-order valence-electron chi connectivity index (χ1n) is 6.52. The van der Waals surface area contributed by atoms with Crippen LogP contribution in [0.5, 0.6) is 0 Å². The Kier molecular flexibility index (Phi) is 4.07. The lowest BCUT2D eigenvalue weighted by atomic mass is 10.0. The number of nitrogens with zero attached hydrogens (tertiary/aromatic N) is 1. The summed E-state index contributed by atoms with van der Waals surface area (Å²) in [6.07, 6.45) is 1.49. The molecular formula is C15H17N3O3. The van der Waals surface area contributed by atoms with E-state index in [0.717, 1.165) is 5.39 Å². The maximum Gasteiger partial charge on any atom is 0.319 e. The van der Waals surface area contributed by atoms with E-state index in [1.165, 1.54) is 0 Å². The Labute approximate surface area is 122 Å². The van der Waals surface area contributed by atoms with Gasteiger partial charge in [-0.3, -0.25) is 9.78 Å². The number of nitrogens with one attached hydrogen (secondary N) is 2. The van der Waals surface area contributed by atoms with Gasteiger partial charge in [0.2, 0.25) is 0 Å². The number of para-hydroxylation sites is 1. The lowest BCUT2D eigenvalue weighted by Gasteiger charge is -2.24. The van der Waals surface area contributed by atoms with Crippen molar-refractivity contribution in [3.63, 3.8) is 0 Å². The van der Waals surface area contributed by atoms with Crippen molar-refractivity contribution in [2.24, 2.45) is 0 Å². The molecule has 0 saturated carbocycles. The molecule has 0 unspecified atom stereocenters. The fourth-order valence-electron chi connectivity index (χ4n) is 2.09. The van der Waals surface area contributed by atoms with Crippen LogP contribution in [0, 0.1) is 0 Å². The van der Waals surface area contributed by atoms with Crippen LogP contribution >= 0.6 is 0 Å². The number of carboxylic acids is 1. The van der Waals surface area contributed by atoms with E-state index < -0.39 is 17.5 Å². The van der Waals surface area contributed by atoms with E-state index in [-0.39, 0.29) is 6.42 Å². The molecule has 0 aliphatic carbocycles. The average Bonchev–Trinajstić information content (AvgIpc) is 2.36. The van der Waals surface area contributed by atoms with Gasteiger partial charge in [0.05, 0.1) is 17.6 Å². The van der Waals surface area contributed by atoms with Gasteiger partial charge in [0.25, 0.3) is 0 Å². The lowest BCUT2D eigenvalue weighted by molar-refractivity contribution is -0.138. The number of pyridine rings is 1. The van der Waals surface area contributed by atoms with E-state index in [9.17, 15) is 9.59 Å². The van der Waals surface area contributed by atoms with E-state index in [1.807, 2.05) is 24.3 Å². The molecule has 6 nitrogen and oxygen atoms in total. The van der Waals surface area contributed by atoms with Crippen molar-refractivity contribution >= 4 is 28.6 Å². The van der Waals surface area contributed by atoms with Crippen molar-refractivity contribution in [3.8, 4) is 0 Å². The zero-order chi connectivity index (χ0) is 15.5. The summed E-state index contributed by atoms with van der Waals surface area (Å²) in [7, 11) is 0. The lowest BCUT2D eigenvalue weighted by Crippen LogP contribution is -2.46. The first kappa shape index (κ1) is 14.8. The summed E-state index contributed by atoms with van der Waals surface area (Å²) in [6.45, 7) is 3.31. The number of anilines is 1. The van der Waals surface area contributed by atoms with Crippen molar-refractivity contribution in [2.75, 3.05) is 5.32 Å². The van der Waals surface area contributed by atoms with Gasteiger partial charge in [-0.15, -0.1) is 0 Å². The number of aliphatic carboxylic acids is 1. The number of urea groups is 1. The summed E-state index contributed by atoms with van der Waals surface area (Å²) in [5, 5.41) is 15.1. The largest absolute Gasteiger partial charge is 0.481 e. The van der Waals surface area contributed by atoms with Crippen LogP contribution in [0.4, 0.5) is 10.5 Å². The highest BCUT2D eigenvalue weighted by molar-refractivity contribution is 5.99. The topological polar surface area (TPSA) is 91.3 Å². The highest BCUT2D eigenvalue weighted by atomic mass is 16.4. The van der Waals surface area contributed by atoms with Gasteiger partial charge in [0.1, 0.15) is 0 Å². The highest BCUT2D eigenvalue weighted by Gasteiger charge is 2.24. The van der Waals surface area contributed by atoms with Crippen molar-refractivity contribution in [1.82, 2.24) is 10.3 Å². The van der Waals surface area contributed by atoms with Gasteiger partial charge in [0, 0.05) is 17.1 Å². The first-order valence-corrected chi connectivity index (χ1v) is 6.52. The molecule has 6 heteroatoms. The molecule has 0 radical (unpaired) electrons. The van der Waals surface area contributed by atoms with Crippen LogP contribution < -0.4 is 10.6 Å². The van der Waals surface area contributed by atoms with Crippen LogP contribution in [-0.4, -0.2) is 27.6 Å². The van der Waals surface area contributed by atoms with Gasteiger partial charge >= 0.3 is 12.0 Å². The molecule has 1 aromatic heterocycles. The minimum Gasteiger partial charge on any atom is -0.481 e. The van der Waals surface area contributed by atoms with Gasteiger partial charge in [-0.1, -0.05) is 18.2 Å². The Hall–Kier alpha value is -2.63. The van der Waals surface area contributed by atoms with Crippen LogP contribution in [0.15, 0.2) is 36.5 Å². The summed E-state index contributed by atoms with van der Waals surface area (Å²) in [5.41, 5.74) is 0.427. The number of carbonyl (C=O) groups excluding carboxylic acids is 1. The van der Waals surface area contributed by atoms with Gasteiger partial charge in [-0.2, -0.15) is 0 Å². The molecule has 1 heterocycles. The molecule has 0 fully saturated rings. The molecule has 110 valence electrons.